The molecule has 0 saturated heterocycles. The van der Waals surface area contributed by atoms with Crippen LogP contribution >= 0.6 is 11.3 Å². The summed E-state index contributed by atoms with van der Waals surface area (Å²) < 4.78 is 5.51. The predicted octanol–water partition coefficient (Wildman–Crippen LogP) is 2.74. The van der Waals surface area contributed by atoms with Crippen LogP contribution in [0, 0.1) is 13.8 Å². The molecule has 18 heavy (non-hydrogen) atoms. The Morgan fingerprint density at radius 3 is 2.94 bits per heavy atom. The highest BCUT2D eigenvalue weighted by molar-refractivity contribution is 7.11. The van der Waals surface area contributed by atoms with Crippen LogP contribution < -0.4 is 10.5 Å². The van der Waals surface area contributed by atoms with E-state index in [4.69, 9.17) is 10.5 Å². The minimum atomic E-state index is -0.131. The Kier molecular flexibility index (Phi) is 2.84. The zero-order chi connectivity index (χ0) is 12.7. The number of hydrogen-bond acceptors (Lipinski definition) is 4. The van der Waals surface area contributed by atoms with Crippen molar-refractivity contribution in [3.63, 3.8) is 0 Å². The van der Waals surface area contributed by atoms with E-state index in [2.05, 4.69) is 18.0 Å². The monoisotopic (exact) mass is 260 g/mol. The smallest absolute Gasteiger partial charge is 0.122 e. The predicted molar refractivity (Wildman–Crippen MR) is 73.3 cm³/mol. The maximum Gasteiger partial charge on any atom is 0.122 e. The van der Waals surface area contributed by atoms with E-state index in [1.165, 1.54) is 10.4 Å². The first-order valence-corrected chi connectivity index (χ1v) is 6.92. The Hall–Kier alpha value is -1.39. The summed E-state index contributed by atoms with van der Waals surface area (Å²) in [6.07, 6.45) is 0.978. The Bertz CT molecular complexity index is 572. The molecule has 2 N–H and O–H groups in total. The van der Waals surface area contributed by atoms with Gasteiger partial charge in [0.15, 0.2) is 0 Å². The molecular formula is C14H16N2OS. The lowest BCUT2D eigenvalue weighted by Gasteiger charge is -2.10. The molecule has 0 aliphatic carbocycles. The maximum atomic E-state index is 6.30. The first kappa shape index (κ1) is 11.7. The first-order valence-electron chi connectivity index (χ1n) is 6.10. The van der Waals surface area contributed by atoms with Gasteiger partial charge in [0, 0.05) is 11.3 Å². The number of nitrogens with two attached hydrogens (primary N) is 1. The Balaban J connectivity index is 1.94. The van der Waals surface area contributed by atoms with Crippen molar-refractivity contribution in [2.45, 2.75) is 26.3 Å². The van der Waals surface area contributed by atoms with Crippen LogP contribution in [0.5, 0.6) is 5.75 Å². The fourth-order valence-electron chi connectivity index (χ4n) is 2.17. The fraction of sp³-hybridized carbons (Fsp3) is 0.357. The maximum absolute atomic E-state index is 6.30. The average molecular weight is 260 g/mol. The molecule has 1 aliphatic heterocycles. The molecule has 1 aromatic heterocycles. The number of nitrogens with zero attached hydrogens (tertiary/aromatic N) is 1. The van der Waals surface area contributed by atoms with Gasteiger partial charge in [-0.25, -0.2) is 4.98 Å². The Morgan fingerprint density at radius 1 is 1.39 bits per heavy atom. The molecule has 1 aromatic carbocycles. The summed E-state index contributed by atoms with van der Waals surface area (Å²) in [6, 6.07) is 6.08. The largest absolute Gasteiger partial charge is 0.493 e. The fourth-order valence-corrected chi connectivity index (χ4v) is 3.13. The van der Waals surface area contributed by atoms with Crippen molar-refractivity contribution in [1.82, 2.24) is 4.98 Å². The van der Waals surface area contributed by atoms with Gasteiger partial charge >= 0.3 is 0 Å². The molecule has 0 bridgehead atoms. The topological polar surface area (TPSA) is 48.1 Å². The molecule has 0 saturated carbocycles. The highest BCUT2D eigenvalue weighted by atomic mass is 32.1. The molecule has 0 spiro atoms. The molecule has 1 aliphatic rings. The van der Waals surface area contributed by atoms with Crippen molar-refractivity contribution >= 4 is 11.3 Å². The highest BCUT2D eigenvalue weighted by Crippen LogP contribution is 2.31. The van der Waals surface area contributed by atoms with Crippen LogP contribution in [0.1, 0.15) is 32.7 Å². The summed E-state index contributed by atoms with van der Waals surface area (Å²) in [5.74, 6) is 0.998. The molecule has 2 aromatic rings. The minimum absolute atomic E-state index is 0.131. The number of aryl methyl sites for hydroxylation is 2. The summed E-state index contributed by atoms with van der Waals surface area (Å²) in [4.78, 5) is 5.78. The summed E-state index contributed by atoms with van der Waals surface area (Å²) in [7, 11) is 0. The summed E-state index contributed by atoms with van der Waals surface area (Å²) >= 11 is 1.68. The molecule has 3 rings (SSSR count). The molecule has 0 fully saturated rings. The van der Waals surface area contributed by atoms with Gasteiger partial charge in [0.05, 0.1) is 18.3 Å². The quantitative estimate of drug-likeness (QED) is 0.903. The number of benzene rings is 1. The lowest BCUT2D eigenvalue weighted by atomic mass is 10.0. The average Bonchev–Trinajstić information content (AvgIpc) is 2.95. The molecule has 2 heterocycles. The standard InChI is InChI=1S/C14H16N2OS/c1-8-9(2)18-14(16-8)13(15)11-3-4-12-10(7-11)5-6-17-12/h3-4,7,13H,5-6,15H2,1-2H3. The van der Waals surface area contributed by atoms with Crippen LogP contribution in [0.25, 0.3) is 0 Å². The van der Waals surface area contributed by atoms with Crippen LogP contribution in [0.15, 0.2) is 18.2 Å². The van der Waals surface area contributed by atoms with E-state index in [0.717, 1.165) is 35.0 Å². The number of thiazole rings is 1. The molecule has 1 atom stereocenters. The number of hydrogen-bond donors (Lipinski definition) is 1. The van der Waals surface area contributed by atoms with Crippen molar-refractivity contribution in [3.8, 4) is 5.75 Å². The van der Waals surface area contributed by atoms with E-state index in [-0.39, 0.29) is 6.04 Å². The van der Waals surface area contributed by atoms with E-state index in [9.17, 15) is 0 Å². The molecular weight excluding hydrogens is 244 g/mol. The Morgan fingerprint density at radius 2 is 2.22 bits per heavy atom. The number of aromatic nitrogens is 1. The third-order valence-corrected chi connectivity index (χ3v) is 4.54. The Labute approximate surface area is 111 Å². The van der Waals surface area contributed by atoms with Gasteiger partial charge in [-0.05, 0) is 37.1 Å². The van der Waals surface area contributed by atoms with Crippen molar-refractivity contribution in [3.05, 3.63) is 44.9 Å². The second kappa shape index (κ2) is 4.37. The number of fused-ring (bicyclic) bond motifs is 1. The van der Waals surface area contributed by atoms with Crippen LogP contribution in [-0.2, 0) is 6.42 Å². The van der Waals surface area contributed by atoms with Gasteiger partial charge in [-0.3, -0.25) is 0 Å². The summed E-state index contributed by atoms with van der Waals surface area (Å²) in [5.41, 5.74) is 9.75. The van der Waals surface area contributed by atoms with Crippen LogP contribution in [0.3, 0.4) is 0 Å². The van der Waals surface area contributed by atoms with Gasteiger partial charge in [0.2, 0.25) is 0 Å². The van der Waals surface area contributed by atoms with Crippen LogP contribution in [0.4, 0.5) is 0 Å². The zero-order valence-electron chi connectivity index (χ0n) is 10.6. The van der Waals surface area contributed by atoms with E-state index < -0.39 is 0 Å². The normalized spacial score (nSPS) is 15.3. The van der Waals surface area contributed by atoms with Gasteiger partial charge in [-0.15, -0.1) is 11.3 Å². The van der Waals surface area contributed by atoms with E-state index in [0.29, 0.717) is 0 Å². The molecule has 3 nitrogen and oxygen atoms in total. The molecule has 1 unspecified atom stereocenters. The highest BCUT2D eigenvalue weighted by Gasteiger charge is 2.18. The zero-order valence-corrected chi connectivity index (χ0v) is 11.4. The first-order chi connectivity index (χ1) is 8.65. The third-order valence-electron chi connectivity index (χ3n) is 3.38. The third kappa shape index (κ3) is 1.91. The SMILES string of the molecule is Cc1nc(C(N)c2ccc3c(c2)CCO3)sc1C. The minimum Gasteiger partial charge on any atom is -0.493 e. The lowest BCUT2D eigenvalue weighted by molar-refractivity contribution is 0.357. The number of ether oxygens (including phenoxy) is 1. The van der Waals surface area contributed by atoms with Crippen LogP contribution in [0.2, 0.25) is 0 Å². The van der Waals surface area contributed by atoms with Gasteiger partial charge in [0.25, 0.3) is 0 Å². The van der Waals surface area contributed by atoms with E-state index >= 15 is 0 Å². The van der Waals surface area contributed by atoms with E-state index in [1.807, 2.05) is 19.1 Å². The second-order valence-corrected chi connectivity index (χ2v) is 5.87. The van der Waals surface area contributed by atoms with Crippen molar-refractivity contribution in [2.24, 2.45) is 5.73 Å². The van der Waals surface area contributed by atoms with E-state index in [1.54, 1.807) is 11.3 Å². The number of rotatable bonds is 2. The molecule has 94 valence electrons. The van der Waals surface area contributed by atoms with Crippen molar-refractivity contribution in [1.29, 1.82) is 0 Å². The molecule has 4 heteroatoms. The van der Waals surface area contributed by atoms with Crippen molar-refractivity contribution < 1.29 is 4.74 Å². The lowest BCUT2D eigenvalue weighted by Crippen LogP contribution is -2.11. The van der Waals surface area contributed by atoms with Gasteiger partial charge in [-0.2, -0.15) is 0 Å². The van der Waals surface area contributed by atoms with Gasteiger partial charge in [-0.1, -0.05) is 6.07 Å². The van der Waals surface area contributed by atoms with Crippen molar-refractivity contribution in [2.75, 3.05) is 6.61 Å². The second-order valence-electron chi connectivity index (χ2n) is 4.64. The summed E-state index contributed by atoms with van der Waals surface area (Å²) in [5, 5.41) is 0.990. The van der Waals surface area contributed by atoms with Crippen LogP contribution in [-0.4, -0.2) is 11.6 Å². The molecule has 0 amide bonds. The van der Waals surface area contributed by atoms with Gasteiger partial charge in [0.1, 0.15) is 10.8 Å². The van der Waals surface area contributed by atoms with Gasteiger partial charge < -0.3 is 10.5 Å². The summed E-state index contributed by atoms with van der Waals surface area (Å²) in [6.45, 7) is 4.89. The molecule has 0 radical (unpaired) electrons.